The van der Waals surface area contributed by atoms with Crippen LogP contribution in [0.5, 0.6) is 0 Å². The lowest BCUT2D eigenvalue weighted by Crippen LogP contribution is -2.29. The second kappa shape index (κ2) is 5.07. The Kier molecular flexibility index (Phi) is 4.02. The fraction of sp³-hybridized carbons (Fsp3) is 0.889. The van der Waals surface area contributed by atoms with Crippen molar-refractivity contribution in [3.05, 3.63) is 0 Å². The van der Waals surface area contributed by atoms with Crippen molar-refractivity contribution in [3.8, 4) is 0 Å². The molecule has 4 heteroatoms. The summed E-state index contributed by atoms with van der Waals surface area (Å²) in [6, 6.07) is 0.336. The van der Waals surface area contributed by atoms with E-state index in [9.17, 15) is 4.79 Å². The number of nitrogens with zero attached hydrogens (tertiary/aromatic N) is 1. The molecule has 1 fully saturated rings. The van der Waals surface area contributed by atoms with Gasteiger partial charge in [-0.25, -0.2) is 4.79 Å². The van der Waals surface area contributed by atoms with E-state index in [2.05, 4.69) is 12.2 Å². The Balaban J connectivity index is 2.28. The maximum absolute atomic E-state index is 11.3. The van der Waals surface area contributed by atoms with Gasteiger partial charge in [0.2, 0.25) is 0 Å². The van der Waals surface area contributed by atoms with Gasteiger partial charge in [0.25, 0.3) is 0 Å². The number of carbonyl (C=O) groups is 1. The minimum Gasteiger partial charge on any atom is -0.396 e. The maximum Gasteiger partial charge on any atom is 0.317 e. The maximum atomic E-state index is 11.3. The molecule has 0 spiro atoms. The molecule has 2 amide bonds. The molecule has 1 saturated heterocycles. The second-order valence-corrected chi connectivity index (χ2v) is 3.46. The first-order valence-electron chi connectivity index (χ1n) is 4.94. The van der Waals surface area contributed by atoms with E-state index in [-0.39, 0.29) is 12.6 Å². The molecule has 76 valence electrons. The lowest BCUT2D eigenvalue weighted by atomic mass is 10.2. The van der Waals surface area contributed by atoms with E-state index in [4.69, 9.17) is 5.11 Å². The summed E-state index contributed by atoms with van der Waals surface area (Å²) in [5.74, 6) is 0. The highest BCUT2D eigenvalue weighted by Crippen LogP contribution is 2.08. The van der Waals surface area contributed by atoms with E-state index in [0.717, 1.165) is 19.4 Å². The molecule has 0 aromatic heterocycles. The molecule has 13 heavy (non-hydrogen) atoms. The predicted octanol–water partition coefficient (Wildman–Crippen LogP) is 0.563. The van der Waals surface area contributed by atoms with Crippen LogP contribution in [-0.2, 0) is 0 Å². The first-order valence-corrected chi connectivity index (χ1v) is 4.94. The van der Waals surface area contributed by atoms with Crippen molar-refractivity contribution in [1.29, 1.82) is 0 Å². The van der Waals surface area contributed by atoms with Crippen molar-refractivity contribution in [1.82, 2.24) is 10.2 Å². The molecular weight excluding hydrogens is 168 g/mol. The van der Waals surface area contributed by atoms with Gasteiger partial charge in [-0.15, -0.1) is 0 Å². The summed E-state index contributed by atoms with van der Waals surface area (Å²) < 4.78 is 0. The Morgan fingerprint density at radius 1 is 1.69 bits per heavy atom. The zero-order valence-electron chi connectivity index (χ0n) is 8.12. The van der Waals surface area contributed by atoms with E-state index >= 15 is 0 Å². The van der Waals surface area contributed by atoms with E-state index in [1.165, 1.54) is 0 Å². The first-order chi connectivity index (χ1) is 6.27. The molecule has 1 heterocycles. The molecule has 1 unspecified atom stereocenters. The zero-order chi connectivity index (χ0) is 9.68. The van der Waals surface area contributed by atoms with Gasteiger partial charge in [-0.1, -0.05) is 13.3 Å². The van der Waals surface area contributed by atoms with Gasteiger partial charge in [-0.3, -0.25) is 0 Å². The van der Waals surface area contributed by atoms with Gasteiger partial charge in [-0.05, 0) is 12.8 Å². The molecule has 0 radical (unpaired) electrons. The lowest BCUT2D eigenvalue weighted by molar-refractivity contribution is 0.209. The number of aliphatic hydroxyl groups is 1. The van der Waals surface area contributed by atoms with Crippen LogP contribution in [-0.4, -0.2) is 41.8 Å². The molecule has 2 N–H and O–H groups in total. The number of hydrogen-bond donors (Lipinski definition) is 2. The van der Waals surface area contributed by atoms with Crippen LogP contribution in [0, 0.1) is 0 Å². The molecule has 1 aliphatic heterocycles. The van der Waals surface area contributed by atoms with Crippen LogP contribution in [0.1, 0.15) is 26.2 Å². The summed E-state index contributed by atoms with van der Waals surface area (Å²) in [6.07, 6.45) is 2.81. The van der Waals surface area contributed by atoms with Gasteiger partial charge in [-0.2, -0.15) is 0 Å². The fourth-order valence-corrected chi connectivity index (χ4v) is 1.63. The standard InChI is InChI=1S/C9H18N2O2/c1-2-4-8-7-11(5-3-6-12)9(13)10-8/h8,12H,2-7H2,1H3,(H,10,13). The van der Waals surface area contributed by atoms with Gasteiger partial charge >= 0.3 is 6.03 Å². The van der Waals surface area contributed by atoms with Crippen molar-refractivity contribution >= 4 is 6.03 Å². The molecule has 1 aliphatic rings. The minimum absolute atomic E-state index is 0.0203. The van der Waals surface area contributed by atoms with E-state index < -0.39 is 0 Å². The van der Waals surface area contributed by atoms with Crippen LogP contribution in [0.25, 0.3) is 0 Å². The summed E-state index contributed by atoms with van der Waals surface area (Å²) in [5.41, 5.74) is 0. The molecular formula is C9H18N2O2. The van der Waals surface area contributed by atoms with Gasteiger partial charge in [0.15, 0.2) is 0 Å². The topological polar surface area (TPSA) is 52.6 Å². The largest absolute Gasteiger partial charge is 0.396 e. The number of carbonyl (C=O) groups excluding carboxylic acids is 1. The highest BCUT2D eigenvalue weighted by Gasteiger charge is 2.26. The monoisotopic (exact) mass is 186 g/mol. The van der Waals surface area contributed by atoms with Gasteiger partial charge in [0.1, 0.15) is 0 Å². The molecule has 4 nitrogen and oxygen atoms in total. The number of aliphatic hydroxyl groups excluding tert-OH is 1. The van der Waals surface area contributed by atoms with Crippen LogP contribution in [0.3, 0.4) is 0 Å². The number of amides is 2. The second-order valence-electron chi connectivity index (χ2n) is 3.46. The van der Waals surface area contributed by atoms with Crippen LogP contribution in [0.4, 0.5) is 4.79 Å². The van der Waals surface area contributed by atoms with Gasteiger partial charge in [0, 0.05) is 25.7 Å². The predicted molar refractivity (Wildman–Crippen MR) is 50.5 cm³/mol. The van der Waals surface area contributed by atoms with Gasteiger partial charge in [0.05, 0.1) is 0 Å². The summed E-state index contributed by atoms with van der Waals surface area (Å²) in [7, 11) is 0. The third kappa shape index (κ3) is 2.88. The van der Waals surface area contributed by atoms with Crippen LogP contribution >= 0.6 is 0 Å². The fourth-order valence-electron chi connectivity index (χ4n) is 1.63. The van der Waals surface area contributed by atoms with E-state index in [1.54, 1.807) is 4.90 Å². The zero-order valence-corrected chi connectivity index (χ0v) is 8.12. The Hall–Kier alpha value is -0.770. The summed E-state index contributed by atoms with van der Waals surface area (Å²) >= 11 is 0. The molecule has 0 saturated carbocycles. The molecule has 0 aromatic carbocycles. The Labute approximate surface area is 78.9 Å². The summed E-state index contributed by atoms with van der Waals surface area (Å²) in [6.45, 7) is 3.74. The number of hydrogen-bond acceptors (Lipinski definition) is 2. The number of urea groups is 1. The van der Waals surface area contributed by atoms with Crippen molar-refractivity contribution in [3.63, 3.8) is 0 Å². The quantitative estimate of drug-likeness (QED) is 0.659. The smallest absolute Gasteiger partial charge is 0.317 e. The molecule has 0 aromatic rings. The normalized spacial score (nSPS) is 22.2. The van der Waals surface area contributed by atoms with E-state index in [0.29, 0.717) is 19.0 Å². The lowest BCUT2D eigenvalue weighted by Gasteiger charge is -2.13. The van der Waals surface area contributed by atoms with Crippen LogP contribution in [0.2, 0.25) is 0 Å². The van der Waals surface area contributed by atoms with Gasteiger partial charge < -0.3 is 15.3 Å². The van der Waals surface area contributed by atoms with Crippen molar-refractivity contribution in [2.45, 2.75) is 32.2 Å². The average Bonchev–Trinajstić information content (AvgIpc) is 2.44. The number of rotatable bonds is 5. The SMILES string of the molecule is CCCC1CN(CCCO)C(=O)N1. The molecule has 0 bridgehead atoms. The first kappa shape index (κ1) is 10.3. The third-order valence-corrected chi connectivity index (χ3v) is 2.28. The van der Waals surface area contributed by atoms with Crippen LogP contribution in [0.15, 0.2) is 0 Å². The van der Waals surface area contributed by atoms with Crippen molar-refractivity contribution in [2.24, 2.45) is 0 Å². The summed E-state index contributed by atoms with van der Waals surface area (Å²) in [5, 5.41) is 11.5. The molecule has 0 aliphatic carbocycles. The van der Waals surface area contributed by atoms with Crippen molar-refractivity contribution < 1.29 is 9.90 Å². The highest BCUT2D eigenvalue weighted by atomic mass is 16.3. The van der Waals surface area contributed by atoms with Crippen molar-refractivity contribution in [2.75, 3.05) is 19.7 Å². The Morgan fingerprint density at radius 2 is 2.46 bits per heavy atom. The average molecular weight is 186 g/mol. The van der Waals surface area contributed by atoms with E-state index in [1.807, 2.05) is 0 Å². The summed E-state index contributed by atoms with van der Waals surface area (Å²) in [4.78, 5) is 13.1. The highest BCUT2D eigenvalue weighted by molar-refractivity contribution is 5.76. The third-order valence-electron chi connectivity index (χ3n) is 2.28. The Morgan fingerprint density at radius 3 is 3.08 bits per heavy atom. The minimum atomic E-state index is 0.0203. The van der Waals surface area contributed by atoms with Crippen LogP contribution < -0.4 is 5.32 Å². The molecule has 1 rings (SSSR count). The Bertz CT molecular complexity index is 173. The molecule has 1 atom stereocenters. The number of nitrogens with one attached hydrogen (secondary N) is 1.